The highest BCUT2D eigenvalue weighted by Gasteiger charge is 2.31. The van der Waals surface area contributed by atoms with Crippen LogP contribution < -0.4 is 0 Å². The molecule has 0 heterocycles. The Labute approximate surface area is 171 Å². The van der Waals surface area contributed by atoms with E-state index in [1.165, 1.54) is 0 Å². The largest absolute Gasteiger partial charge is 0.465 e. The fourth-order valence-corrected chi connectivity index (χ4v) is 3.28. The summed E-state index contributed by atoms with van der Waals surface area (Å²) in [6.07, 6.45) is 20.8. The second-order valence-corrected chi connectivity index (χ2v) is 7.28. The van der Waals surface area contributed by atoms with Gasteiger partial charge in [-0.05, 0) is 84.5 Å². The molecule has 0 aromatic rings. The number of carbonyl (C=O) groups excluding carboxylic acids is 2. The lowest BCUT2D eigenvalue weighted by molar-refractivity contribution is -0.151. The van der Waals surface area contributed by atoms with E-state index < -0.39 is 5.92 Å². The highest BCUT2D eigenvalue weighted by molar-refractivity contribution is 5.95. The Morgan fingerprint density at radius 2 is 1.54 bits per heavy atom. The maximum Gasteiger partial charge on any atom is 0.334 e. The van der Waals surface area contributed by atoms with Crippen LogP contribution in [0.2, 0.25) is 0 Å². The smallest absolute Gasteiger partial charge is 0.334 e. The molecule has 0 fully saturated rings. The van der Waals surface area contributed by atoms with E-state index in [4.69, 9.17) is 9.47 Å². The van der Waals surface area contributed by atoms with Gasteiger partial charge in [-0.3, -0.25) is 4.79 Å². The van der Waals surface area contributed by atoms with E-state index in [-0.39, 0.29) is 11.9 Å². The van der Waals surface area contributed by atoms with Gasteiger partial charge < -0.3 is 9.47 Å². The van der Waals surface area contributed by atoms with Crippen molar-refractivity contribution >= 4 is 11.9 Å². The van der Waals surface area contributed by atoms with Gasteiger partial charge in [-0.15, -0.1) is 0 Å². The molecule has 4 heteroatoms. The molecule has 0 aromatic carbocycles. The van der Waals surface area contributed by atoms with E-state index in [2.05, 4.69) is 24.3 Å². The minimum Gasteiger partial charge on any atom is -0.465 e. The predicted molar refractivity (Wildman–Crippen MR) is 114 cm³/mol. The van der Waals surface area contributed by atoms with Gasteiger partial charge in [-0.1, -0.05) is 30.4 Å². The van der Waals surface area contributed by atoms with Crippen molar-refractivity contribution in [3.8, 4) is 0 Å². The Bertz CT molecular complexity index is 531. The standard InChI is InChI=1S/C24H38O4/c1-3-5-7-9-11-15-19-27-23(25)21-17-13-14-18-22(21)24(26)28-20-16-12-10-8-6-4-2/h3-6,17,22H,7-16,18-20H2,1-2H3/b5-3+,6-4+. The van der Waals surface area contributed by atoms with Gasteiger partial charge in [0.25, 0.3) is 0 Å². The van der Waals surface area contributed by atoms with Crippen molar-refractivity contribution in [3.63, 3.8) is 0 Å². The third-order valence-electron chi connectivity index (χ3n) is 4.94. The predicted octanol–water partition coefficient (Wildman–Crippen LogP) is 6.07. The van der Waals surface area contributed by atoms with Crippen LogP contribution in [0.4, 0.5) is 0 Å². The van der Waals surface area contributed by atoms with Crippen molar-refractivity contribution in [1.82, 2.24) is 0 Å². The highest BCUT2D eigenvalue weighted by atomic mass is 16.5. The Morgan fingerprint density at radius 3 is 2.14 bits per heavy atom. The molecule has 0 aliphatic heterocycles. The van der Waals surface area contributed by atoms with Crippen LogP contribution in [0.1, 0.15) is 84.5 Å². The highest BCUT2D eigenvalue weighted by Crippen LogP contribution is 2.27. The minimum atomic E-state index is -0.459. The minimum absolute atomic E-state index is 0.275. The van der Waals surface area contributed by atoms with Gasteiger partial charge in [-0.2, -0.15) is 0 Å². The zero-order valence-electron chi connectivity index (χ0n) is 17.8. The molecular formula is C24H38O4. The number of allylic oxidation sites excluding steroid dienone is 5. The Balaban J connectivity index is 2.30. The molecule has 0 saturated carbocycles. The fourth-order valence-electron chi connectivity index (χ4n) is 3.28. The molecule has 1 rings (SSSR count). The lowest BCUT2D eigenvalue weighted by Crippen LogP contribution is -2.27. The number of esters is 2. The Hall–Kier alpha value is -1.84. The molecule has 0 spiro atoms. The number of hydrogen-bond donors (Lipinski definition) is 0. The summed E-state index contributed by atoms with van der Waals surface area (Å²) in [5.41, 5.74) is 0.498. The van der Waals surface area contributed by atoms with Crippen molar-refractivity contribution in [2.24, 2.45) is 5.92 Å². The molecule has 1 atom stereocenters. The lowest BCUT2D eigenvalue weighted by atomic mass is 9.87. The van der Waals surface area contributed by atoms with E-state index in [9.17, 15) is 9.59 Å². The van der Waals surface area contributed by atoms with Gasteiger partial charge in [0.05, 0.1) is 19.1 Å². The second kappa shape index (κ2) is 16.1. The van der Waals surface area contributed by atoms with E-state index in [1.807, 2.05) is 19.9 Å². The molecule has 1 unspecified atom stereocenters. The molecule has 1 aliphatic carbocycles. The summed E-state index contributed by atoms with van der Waals surface area (Å²) >= 11 is 0. The molecule has 0 aromatic heterocycles. The van der Waals surface area contributed by atoms with E-state index >= 15 is 0 Å². The number of ether oxygens (including phenoxy) is 2. The third kappa shape index (κ3) is 10.5. The van der Waals surface area contributed by atoms with Crippen LogP contribution in [0.25, 0.3) is 0 Å². The zero-order valence-corrected chi connectivity index (χ0v) is 17.8. The van der Waals surface area contributed by atoms with Crippen molar-refractivity contribution in [3.05, 3.63) is 36.0 Å². The van der Waals surface area contributed by atoms with Crippen LogP contribution in [-0.4, -0.2) is 25.2 Å². The summed E-state index contributed by atoms with van der Waals surface area (Å²) in [6, 6.07) is 0. The van der Waals surface area contributed by atoms with E-state index in [1.54, 1.807) is 0 Å². The van der Waals surface area contributed by atoms with Crippen LogP contribution in [-0.2, 0) is 19.1 Å². The number of unbranched alkanes of at least 4 members (excludes halogenated alkanes) is 6. The summed E-state index contributed by atoms with van der Waals surface area (Å²) in [4.78, 5) is 24.8. The summed E-state index contributed by atoms with van der Waals surface area (Å²) in [6.45, 7) is 4.89. The topological polar surface area (TPSA) is 52.6 Å². The maximum absolute atomic E-state index is 12.4. The van der Waals surface area contributed by atoms with Gasteiger partial charge in [-0.25, -0.2) is 4.79 Å². The molecule has 0 bridgehead atoms. The molecule has 0 amide bonds. The van der Waals surface area contributed by atoms with E-state index in [0.29, 0.717) is 25.2 Å². The molecule has 28 heavy (non-hydrogen) atoms. The third-order valence-corrected chi connectivity index (χ3v) is 4.94. The summed E-state index contributed by atoms with van der Waals surface area (Å²) in [5.74, 6) is -1.08. The van der Waals surface area contributed by atoms with Crippen molar-refractivity contribution in [2.75, 3.05) is 13.2 Å². The van der Waals surface area contributed by atoms with Crippen LogP contribution in [0, 0.1) is 5.92 Å². The van der Waals surface area contributed by atoms with Crippen LogP contribution in [0.5, 0.6) is 0 Å². The maximum atomic E-state index is 12.4. The van der Waals surface area contributed by atoms with Gasteiger partial charge in [0.1, 0.15) is 0 Å². The number of carbonyl (C=O) groups is 2. The Kier molecular flexibility index (Phi) is 14.0. The molecule has 4 nitrogen and oxygen atoms in total. The van der Waals surface area contributed by atoms with Gasteiger partial charge in [0.2, 0.25) is 0 Å². The fraction of sp³-hybridized carbons (Fsp3) is 0.667. The summed E-state index contributed by atoms with van der Waals surface area (Å²) in [5, 5.41) is 0. The first kappa shape index (κ1) is 24.2. The number of rotatable bonds is 14. The van der Waals surface area contributed by atoms with Crippen LogP contribution >= 0.6 is 0 Å². The molecule has 0 N–H and O–H groups in total. The molecule has 1 aliphatic rings. The van der Waals surface area contributed by atoms with Crippen molar-refractivity contribution in [2.45, 2.75) is 84.5 Å². The quantitative estimate of drug-likeness (QED) is 0.205. The van der Waals surface area contributed by atoms with E-state index in [0.717, 1.165) is 64.2 Å². The first-order chi connectivity index (χ1) is 13.7. The average molecular weight is 391 g/mol. The molecule has 0 saturated heterocycles. The molecule has 158 valence electrons. The van der Waals surface area contributed by atoms with Gasteiger partial charge in [0.15, 0.2) is 0 Å². The van der Waals surface area contributed by atoms with Crippen LogP contribution in [0.15, 0.2) is 36.0 Å². The monoisotopic (exact) mass is 390 g/mol. The molecular weight excluding hydrogens is 352 g/mol. The molecule has 0 radical (unpaired) electrons. The number of hydrogen-bond acceptors (Lipinski definition) is 4. The average Bonchev–Trinajstić information content (AvgIpc) is 2.72. The second-order valence-electron chi connectivity index (χ2n) is 7.28. The SMILES string of the molecule is C/C=C/CCCCCOC(=O)C1=CCCCC1C(=O)OCCCCC/C=C/C. The summed E-state index contributed by atoms with van der Waals surface area (Å²) < 4.78 is 10.8. The first-order valence-corrected chi connectivity index (χ1v) is 11.0. The Morgan fingerprint density at radius 1 is 0.929 bits per heavy atom. The van der Waals surface area contributed by atoms with Crippen LogP contribution in [0.3, 0.4) is 0 Å². The lowest BCUT2D eigenvalue weighted by Gasteiger charge is -2.21. The van der Waals surface area contributed by atoms with Gasteiger partial charge >= 0.3 is 11.9 Å². The summed E-state index contributed by atoms with van der Waals surface area (Å²) in [7, 11) is 0. The first-order valence-electron chi connectivity index (χ1n) is 11.0. The van der Waals surface area contributed by atoms with Gasteiger partial charge in [0, 0.05) is 5.57 Å². The van der Waals surface area contributed by atoms with Crippen molar-refractivity contribution in [1.29, 1.82) is 0 Å². The van der Waals surface area contributed by atoms with Crippen molar-refractivity contribution < 1.29 is 19.1 Å². The zero-order chi connectivity index (χ0) is 20.5. The normalized spacial score (nSPS) is 17.1.